The number of rotatable bonds is 9. The zero-order chi connectivity index (χ0) is 16.9. The van der Waals surface area contributed by atoms with Crippen molar-refractivity contribution >= 4 is 5.97 Å². The molecule has 0 heterocycles. The van der Waals surface area contributed by atoms with Gasteiger partial charge in [-0.1, -0.05) is 6.92 Å². The molecule has 0 saturated carbocycles. The molecule has 0 radical (unpaired) electrons. The first-order valence-electron chi connectivity index (χ1n) is 7.77. The summed E-state index contributed by atoms with van der Waals surface area (Å²) in [5.74, 6) is -0.142. The zero-order valence-corrected chi connectivity index (χ0v) is 15.3. The summed E-state index contributed by atoms with van der Waals surface area (Å²) in [5.41, 5.74) is -0.416. The molecule has 0 spiro atoms. The number of quaternary nitrogens is 2. The molecule has 1 N–H and O–H groups in total. The Hall–Kier alpha value is -0.650. The third-order valence-electron chi connectivity index (χ3n) is 3.83. The van der Waals surface area contributed by atoms with Crippen molar-refractivity contribution in [3.63, 3.8) is 0 Å². The minimum absolute atomic E-state index is 0.142. The highest BCUT2D eigenvalue weighted by Crippen LogP contribution is 2.21. The monoisotopic (exact) mass is 304 g/mol. The quantitative estimate of drug-likeness (QED) is 0.513. The Kier molecular flexibility index (Phi) is 7.33. The van der Waals surface area contributed by atoms with Crippen LogP contribution in [0.15, 0.2) is 0 Å². The van der Waals surface area contributed by atoms with E-state index in [0.29, 0.717) is 30.7 Å². The number of hydrogen-bond acceptors (Lipinski definition) is 3. The largest absolute Gasteiger partial charge is 0.459 e. The molecule has 5 nitrogen and oxygen atoms in total. The fourth-order valence-corrected chi connectivity index (χ4v) is 2.08. The molecule has 0 amide bonds. The Morgan fingerprint density at radius 2 is 1.67 bits per heavy atom. The van der Waals surface area contributed by atoms with Crippen LogP contribution in [0.25, 0.3) is 0 Å². The van der Waals surface area contributed by atoms with Gasteiger partial charge < -0.3 is 18.8 Å². The maximum Gasteiger partial charge on any atom is 0.311 e. The summed E-state index contributed by atoms with van der Waals surface area (Å²) in [6.45, 7) is 8.27. The van der Waals surface area contributed by atoms with Gasteiger partial charge in [0.25, 0.3) is 0 Å². The van der Waals surface area contributed by atoms with Crippen LogP contribution in [-0.2, 0) is 9.53 Å². The van der Waals surface area contributed by atoms with E-state index in [9.17, 15) is 9.90 Å². The van der Waals surface area contributed by atoms with Crippen LogP contribution in [0.1, 0.15) is 27.2 Å². The molecular weight excluding hydrogens is 268 g/mol. The van der Waals surface area contributed by atoms with Crippen LogP contribution < -0.4 is 0 Å². The number of likely N-dealkylation sites (N-methyl/N-ethyl adjacent to an activating group) is 2. The van der Waals surface area contributed by atoms with Crippen molar-refractivity contribution in [2.24, 2.45) is 5.41 Å². The number of esters is 1. The summed E-state index contributed by atoms with van der Waals surface area (Å²) in [6.07, 6.45) is 0.412. The average Bonchev–Trinajstić information content (AvgIpc) is 2.24. The van der Waals surface area contributed by atoms with Crippen molar-refractivity contribution in [2.75, 3.05) is 61.5 Å². The van der Waals surface area contributed by atoms with Gasteiger partial charge >= 0.3 is 5.97 Å². The fourth-order valence-electron chi connectivity index (χ4n) is 2.08. The highest BCUT2D eigenvalue weighted by atomic mass is 16.5. The van der Waals surface area contributed by atoms with Crippen molar-refractivity contribution in [2.45, 2.75) is 33.3 Å². The van der Waals surface area contributed by atoms with E-state index >= 15 is 0 Å². The molecule has 126 valence electrons. The predicted molar refractivity (Wildman–Crippen MR) is 85.8 cm³/mol. The van der Waals surface area contributed by atoms with E-state index in [1.54, 1.807) is 0 Å². The second kappa shape index (κ2) is 7.56. The lowest BCUT2D eigenvalue weighted by Crippen LogP contribution is -2.52. The number of nitrogens with zero attached hydrogens (tertiary/aromatic N) is 2. The third kappa shape index (κ3) is 9.06. The minimum atomic E-state index is -0.416. The van der Waals surface area contributed by atoms with Crippen LogP contribution >= 0.6 is 0 Å². The van der Waals surface area contributed by atoms with Crippen molar-refractivity contribution in [1.82, 2.24) is 0 Å². The van der Waals surface area contributed by atoms with Gasteiger partial charge in [-0.25, -0.2) is 0 Å². The molecule has 0 aromatic heterocycles. The molecule has 21 heavy (non-hydrogen) atoms. The molecular formula is C16H36N2O3+2. The van der Waals surface area contributed by atoms with Crippen LogP contribution in [0.4, 0.5) is 0 Å². The Morgan fingerprint density at radius 3 is 2.10 bits per heavy atom. The molecule has 0 bridgehead atoms. The van der Waals surface area contributed by atoms with Gasteiger partial charge in [0.1, 0.15) is 26.2 Å². The molecule has 0 fully saturated rings. The lowest BCUT2D eigenvalue weighted by molar-refractivity contribution is -0.907. The van der Waals surface area contributed by atoms with Crippen molar-refractivity contribution in [1.29, 1.82) is 0 Å². The van der Waals surface area contributed by atoms with Gasteiger partial charge in [0.05, 0.1) is 40.7 Å². The second-order valence-electron chi connectivity index (χ2n) is 8.34. The first-order valence-corrected chi connectivity index (χ1v) is 7.77. The van der Waals surface area contributed by atoms with Gasteiger partial charge in [0, 0.05) is 0 Å². The average molecular weight is 304 g/mol. The molecule has 0 aromatic rings. The molecule has 0 rings (SSSR count). The lowest BCUT2D eigenvalue weighted by atomic mass is 9.91. The predicted octanol–water partition coefficient (Wildman–Crippen LogP) is 1.11. The molecule has 1 unspecified atom stereocenters. The van der Waals surface area contributed by atoms with Gasteiger partial charge in [-0.15, -0.1) is 0 Å². The summed E-state index contributed by atoms with van der Waals surface area (Å²) in [4.78, 5) is 11.9. The van der Waals surface area contributed by atoms with Gasteiger partial charge in [-0.05, 0) is 20.3 Å². The van der Waals surface area contributed by atoms with Crippen LogP contribution in [-0.4, -0.2) is 87.6 Å². The molecule has 0 aliphatic heterocycles. The number of aliphatic hydroxyl groups is 1. The zero-order valence-electron chi connectivity index (χ0n) is 15.3. The maximum atomic E-state index is 11.9. The second-order valence-corrected chi connectivity index (χ2v) is 8.34. The van der Waals surface area contributed by atoms with Crippen molar-refractivity contribution in [3.05, 3.63) is 0 Å². The van der Waals surface area contributed by atoms with Crippen LogP contribution in [0, 0.1) is 5.41 Å². The smallest absolute Gasteiger partial charge is 0.311 e. The Labute approximate surface area is 130 Å². The van der Waals surface area contributed by atoms with Gasteiger partial charge in [0.2, 0.25) is 0 Å². The molecule has 0 aliphatic rings. The van der Waals surface area contributed by atoms with E-state index < -0.39 is 5.41 Å². The fraction of sp³-hybridized carbons (Fsp3) is 0.938. The molecule has 0 saturated heterocycles. The lowest BCUT2D eigenvalue weighted by Gasteiger charge is -2.34. The summed E-state index contributed by atoms with van der Waals surface area (Å²) in [5, 5.41) is 10.2. The van der Waals surface area contributed by atoms with E-state index in [1.807, 2.05) is 20.8 Å². The summed E-state index contributed by atoms with van der Waals surface area (Å²) in [7, 11) is 10.3. The van der Waals surface area contributed by atoms with E-state index in [-0.39, 0.29) is 12.1 Å². The number of carbonyl (C=O) groups is 1. The van der Waals surface area contributed by atoms with E-state index in [4.69, 9.17) is 4.74 Å². The van der Waals surface area contributed by atoms with Crippen LogP contribution in [0.3, 0.4) is 0 Å². The van der Waals surface area contributed by atoms with Crippen molar-refractivity contribution in [3.8, 4) is 0 Å². The van der Waals surface area contributed by atoms with E-state index in [1.165, 1.54) is 0 Å². The Morgan fingerprint density at radius 1 is 1.14 bits per heavy atom. The standard InChI is InChI=1S/C16H36N2O3/c1-9-16(2,3)15(20)21-11-10-18(7,8)13-14(19)12-17(4,5)6/h14,19H,9-13H2,1-8H3/q+2. The topological polar surface area (TPSA) is 46.5 Å². The van der Waals surface area contributed by atoms with E-state index in [0.717, 1.165) is 10.9 Å². The van der Waals surface area contributed by atoms with E-state index in [2.05, 4.69) is 35.2 Å². The summed E-state index contributed by atoms with van der Waals surface area (Å²) in [6, 6.07) is 0. The number of carbonyl (C=O) groups excluding carboxylic acids is 1. The van der Waals surface area contributed by atoms with Gasteiger partial charge in [0.15, 0.2) is 6.10 Å². The minimum Gasteiger partial charge on any atom is -0.459 e. The van der Waals surface area contributed by atoms with Crippen LogP contribution in [0.2, 0.25) is 0 Å². The maximum absolute atomic E-state index is 11.9. The van der Waals surface area contributed by atoms with Crippen molar-refractivity contribution < 1.29 is 23.6 Å². The van der Waals surface area contributed by atoms with Gasteiger partial charge in [-0.3, -0.25) is 4.79 Å². The molecule has 0 aromatic carbocycles. The Balaban J connectivity index is 4.22. The first-order chi connectivity index (χ1) is 9.29. The first kappa shape index (κ1) is 20.3. The summed E-state index contributed by atoms with van der Waals surface area (Å²) < 4.78 is 6.75. The SMILES string of the molecule is CCC(C)(C)C(=O)OCC[N+](C)(C)CC(O)C[N+](C)(C)C. The number of ether oxygens (including phenoxy) is 1. The normalized spacial score (nSPS) is 14.9. The Bertz CT molecular complexity index is 333. The van der Waals surface area contributed by atoms with Crippen LogP contribution in [0.5, 0.6) is 0 Å². The third-order valence-corrected chi connectivity index (χ3v) is 3.83. The number of aliphatic hydroxyl groups excluding tert-OH is 1. The summed E-state index contributed by atoms with van der Waals surface area (Å²) >= 11 is 0. The van der Waals surface area contributed by atoms with Gasteiger partial charge in [-0.2, -0.15) is 0 Å². The molecule has 0 aliphatic carbocycles. The molecule has 5 heteroatoms. The highest BCUT2D eigenvalue weighted by Gasteiger charge is 2.29. The molecule has 1 atom stereocenters. The number of hydrogen-bond donors (Lipinski definition) is 1. The highest BCUT2D eigenvalue weighted by molar-refractivity contribution is 5.75.